The Morgan fingerprint density at radius 1 is 1.33 bits per heavy atom. The standard InChI is InChI=1S/C16H16N2O3/c17-11-13-3-1-12(2-4-13)5-8-15(19)18(14-6-7-14)10-9-16(20)21/h1-5,8,14H,6-7,9-10H2,(H,20,21)/b8-5+. The van der Waals surface area contributed by atoms with Crippen LogP contribution in [0.2, 0.25) is 0 Å². The maximum atomic E-state index is 12.1. The molecule has 1 aromatic rings. The second kappa shape index (κ2) is 6.71. The highest BCUT2D eigenvalue weighted by atomic mass is 16.4. The van der Waals surface area contributed by atoms with E-state index >= 15 is 0 Å². The third-order valence-electron chi connectivity index (χ3n) is 3.30. The summed E-state index contributed by atoms with van der Waals surface area (Å²) in [6.07, 6.45) is 4.99. The highest BCUT2D eigenvalue weighted by Crippen LogP contribution is 2.27. The molecule has 108 valence electrons. The minimum Gasteiger partial charge on any atom is -0.481 e. The first-order valence-electron chi connectivity index (χ1n) is 6.81. The molecule has 5 heteroatoms. The molecule has 0 atom stereocenters. The van der Waals surface area contributed by atoms with E-state index in [2.05, 4.69) is 0 Å². The zero-order valence-corrected chi connectivity index (χ0v) is 11.5. The Hall–Kier alpha value is -2.61. The summed E-state index contributed by atoms with van der Waals surface area (Å²) in [7, 11) is 0. The lowest BCUT2D eigenvalue weighted by atomic mass is 10.1. The van der Waals surface area contributed by atoms with Gasteiger partial charge in [0.15, 0.2) is 0 Å². The Bertz CT molecular complexity index is 595. The van der Waals surface area contributed by atoms with Crippen LogP contribution in [-0.4, -0.2) is 34.5 Å². The molecule has 2 rings (SSSR count). The lowest BCUT2D eigenvalue weighted by Crippen LogP contribution is -2.33. The average molecular weight is 284 g/mol. The smallest absolute Gasteiger partial charge is 0.305 e. The molecule has 1 aromatic carbocycles. The van der Waals surface area contributed by atoms with Crippen molar-refractivity contribution in [1.82, 2.24) is 4.90 Å². The summed E-state index contributed by atoms with van der Waals surface area (Å²) in [6.45, 7) is 0.247. The number of hydrogen-bond donors (Lipinski definition) is 1. The van der Waals surface area contributed by atoms with E-state index in [0.717, 1.165) is 18.4 Å². The molecule has 1 amide bonds. The number of amides is 1. The van der Waals surface area contributed by atoms with Crippen molar-refractivity contribution in [2.24, 2.45) is 0 Å². The molecule has 0 radical (unpaired) electrons. The first kappa shape index (κ1) is 14.8. The zero-order valence-electron chi connectivity index (χ0n) is 11.5. The van der Waals surface area contributed by atoms with Crippen LogP contribution in [0.1, 0.15) is 30.4 Å². The molecule has 1 fully saturated rings. The van der Waals surface area contributed by atoms with Crippen LogP contribution < -0.4 is 0 Å². The average Bonchev–Trinajstić information content (AvgIpc) is 3.30. The minimum atomic E-state index is -0.899. The van der Waals surface area contributed by atoms with Crippen molar-refractivity contribution in [1.29, 1.82) is 5.26 Å². The van der Waals surface area contributed by atoms with Gasteiger partial charge in [-0.3, -0.25) is 9.59 Å². The number of carbonyl (C=O) groups is 2. The van der Waals surface area contributed by atoms with E-state index in [0.29, 0.717) is 5.56 Å². The summed E-state index contributed by atoms with van der Waals surface area (Å²) in [5.41, 5.74) is 1.40. The maximum absolute atomic E-state index is 12.1. The van der Waals surface area contributed by atoms with Crippen molar-refractivity contribution in [3.05, 3.63) is 41.5 Å². The molecule has 0 heterocycles. The molecule has 1 aliphatic rings. The van der Waals surface area contributed by atoms with Crippen molar-refractivity contribution in [3.8, 4) is 6.07 Å². The number of carboxylic acid groups (broad SMARTS) is 1. The van der Waals surface area contributed by atoms with Crippen molar-refractivity contribution >= 4 is 18.0 Å². The highest BCUT2D eigenvalue weighted by Gasteiger charge is 2.31. The minimum absolute atomic E-state index is 0.0348. The number of hydrogen-bond acceptors (Lipinski definition) is 3. The summed E-state index contributed by atoms with van der Waals surface area (Å²) in [5.74, 6) is -1.06. The van der Waals surface area contributed by atoms with Crippen molar-refractivity contribution in [3.63, 3.8) is 0 Å². The van der Waals surface area contributed by atoms with E-state index in [-0.39, 0.29) is 24.9 Å². The Morgan fingerprint density at radius 2 is 2.00 bits per heavy atom. The predicted octanol–water partition coefficient (Wildman–Crippen LogP) is 2.04. The van der Waals surface area contributed by atoms with Crippen LogP contribution in [0.3, 0.4) is 0 Å². The fourth-order valence-electron chi connectivity index (χ4n) is 2.01. The topological polar surface area (TPSA) is 81.4 Å². The Labute approximate surface area is 123 Å². The van der Waals surface area contributed by atoms with Gasteiger partial charge in [0.2, 0.25) is 5.91 Å². The molecule has 0 aliphatic heterocycles. The number of rotatable bonds is 6. The maximum Gasteiger partial charge on any atom is 0.305 e. The molecule has 0 bridgehead atoms. The lowest BCUT2D eigenvalue weighted by molar-refractivity contribution is -0.138. The van der Waals surface area contributed by atoms with Crippen LogP contribution in [0.4, 0.5) is 0 Å². The largest absolute Gasteiger partial charge is 0.481 e. The second-order valence-corrected chi connectivity index (χ2v) is 4.97. The van der Waals surface area contributed by atoms with E-state index < -0.39 is 5.97 Å². The monoisotopic (exact) mass is 284 g/mol. The molecule has 1 N–H and O–H groups in total. The van der Waals surface area contributed by atoms with Gasteiger partial charge in [0, 0.05) is 18.7 Å². The van der Waals surface area contributed by atoms with Gasteiger partial charge in [0.25, 0.3) is 0 Å². The third kappa shape index (κ3) is 4.46. The molecule has 5 nitrogen and oxygen atoms in total. The van der Waals surface area contributed by atoms with Crippen LogP contribution in [0, 0.1) is 11.3 Å². The quantitative estimate of drug-likeness (QED) is 0.810. The first-order valence-corrected chi connectivity index (χ1v) is 6.81. The van der Waals surface area contributed by atoms with Gasteiger partial charge in [-0.2, -0.15) is 5.26 Å². The van der Waals surface area contributed by atoms with E-state index in [9.17, 15) is 9.59 Å². The van der Waals surface area contributed by atoms with Gasteiger partial charge in [-0.1, -0.05) is 12.1 Å². The molecular weight excluding hydrogens is 268 g/mol. The van der Waals surface area contributed by atoms with Crippen molar-refractivity contribution < 1.29 is 14.7 Å². The van der Waals surface area contributed by atoms with Gasteiger partial charge in [0.1, 0.15) is 0 Å². The van der Waals surface area contributed by atoms with Crippen LogP contribution in [0.25, 0.3) is 6.08 Å². The van der Waals surface area contributed by atoms with Gasteiger partial charge in [-0.25, -0.2) is 0 Å². The number of benzene rings is 1. The first-order chi connectivity index (χ1) is 10.1. The van der Waals surface area contributed by atoms with Crippen LogP contribution >= 0.6 is 0 Å². The van der Waals surface area contributed by atoms with Gasteiger partial charge in [-0.05, 0) is 36.6 Å². The molecular formula is C16H16N2O3. The SMILES string of the molecule is N#Cc1ccc(/C=C/C(=O)N(CCC(=O)O)C2CC2)cc1. The van der Waals surface area contributed by atoms with Crippen molar-refractivity contribution in [2.75, 3.05) is 6.54 Å². The van der Waals surface area contributed by atoms with E-state index in [1.54, 1.807) is 35.2 Å². The lowest BCUT2D eigenvalue weighted by Gasteiger charge is -2.19. The zero-order chi connectivity index (χ0) is 15.2. The Balaban J connectivity index is 1.98. The third-order valence-corrected chi connectivity index (χ3v) is 3.30. The molecule has 1 aliphatic carbocycles. The predicted molar refractivity (Wildman–Crippen MR) is 77.2 cm³/mol. The number of carbonyl (C=O) groups excluding carboxylic acids is 1. The summed E-state index contributed by atoms with van der Waals surface area (Å²) in [6, 6.07) is 9.12. The van der Waals surface area contributed by atoms with Gasteiger partial charge in [-0.15, -0.1) is 0 Å². The Kier molecular flexibility index (Phi) is 4.72. The molecule has 1 saturated carbocycles. The van der Waals surface area contributed by atoms with E-state index in [4.69, 9.17) is 10.4 Å². The normalized spacial score (nSPS) is 13.9. The fraction of sp³-hybridized carbons (Fsp3) is 0.312. The van der Waals surface area contributed by atoms with Gasteiger partial charge < -0.3 is 10.0 Å². The molecule has 0 aromatic heterocycles. The Morgan fingerprint density at radius 3 is 2.52 bits per heavy atom. The molecule has 0 spiro atoms. The molecule has 0 saturated heterocycles. The molecule has 21 heavy (non-hydrogen) atoms. The van der Waals surface area contributed by atoms with Gasteiger partial charge in [0.05, 0.1) is 18.1 Å². The van der Waals surface area contributed by atoms with E-state index in [1.165, 1.54) is 6.08 Å². The summed E-state index contributed by atoms with van der Waals surface area (Å²) in [4.78, 5) is 24.4. The number of nitriles is 1. The van der Waals surface area contributed by atoms with E-state index in [1.807, 2.05) is 6.07 Å². The molecule has 0 unspecified atom stereocenters. The number of aliphatic carboxylic acids is 1. The van der Waals surface area contributed by atoms with Crippen molar-refractivity contribution in [2.45, 2.75) is 25.3 Å². The van der Waals surface area contributed by atoms with Crippen LogP contribution in [0.5, 0.6) is 0 Å². The highest BCUT2D eigenvalue weighted by molar-refractivity contribution is 5.92. The van der Waals surface area contributed by atoms with Gasteiger partial charge >= 0.3 is 5.97 Å². The summed E-state index contributed by atoms with van der Waals surface area (Å²) >= 11 is 0. The van der Waals surface area contributed by atoms with Crippen LogP contribution in [-0.2, 0) is 9.59 Å². The summed E-state index contributed by atoms with van der Waals surface area (Å²) in [5, 5.41) is 17.4. The second-order valence-electron chi connectivity index (χ2n) is 4.97. The number of nitrogens with zero attached hydrogens (tertiary/aromatic N) is 2. The summed E-state index contributed by atoms with van der Waals surface area (Å²) < 4.78 is 0. The number of carboxylic acids is 1. The van der Waals surface area contributed by atoms with Crippen LogP contribution in [0.15, 0.2) is 30.3 Å². The fourth-order valence-corrected chi connectivity index (χ4v) is 2.01.